The van der Waals surface area contributed by atoms with Gasteiger partial charge in [-0.3, -0.25) is 0 Å². The summed E-state index contributed by atoms with van der Waals surface area (Å²) in [5, 5.41) is 2.85. The topological polar surface area (TPSA) is 15.3 Å². The number of benzene rings is 1. The molecule has 0 aliphatic carbocycles. The Hall–Kier alpha value is -1.30. The summed E-state index contributed by atoms with van der Waals surface area (Å²) in [6.07, 6.45) is -3.74. The molecule has 108 valence electrons. The third kappa shape index (κ3) is 5.46. The van der Waals surface area contributed by atoms with Gasteiger partial charge in [0.1, 0.15) is 12.4 Å². The fraction of sp³-hybridized carbons (Fsp3) is 0.538. The van der Waals surface area contributed by atoms with Crippen molar-refractivity contribution >= 4 is 5.69 Å². The molecule has 19 heavy (non-hydrogen) atoms. The molecule has 1 aromatic carbocycles. The third-order valence-electron chi connectivity index (χ3n) is 2.55. The average Bonchev–Trinajstić information content (AvgIpc) is 2.26. The maximum atomic E-state index is 13.4. The second-order valence-electron chi connectivity index (χ2n) is 4.38. The number of hydrogen-bond acceptors (Lipinski definition) is 2. The number of nitrogens with one attached hydrogen (secondary N) is 1. The number of nitrogens with zero attached hydrogens (tertiary/aromatic N) is 1. The van der Waals surface area contributed by atoms with Crippen molar-refractivity contribution in [1.29, 1.82) is 0 Å². The van der Waals surface area contributed by atoms with Crippen LogP contribution in [0.1, 0.15) is 18.9 Å². The van der Waals surface area contributed by atoms with Crippen LogP contribution in [0.3, 0.4) is 0 Å². The summed E-state index contributed by atoms with van der Waals surface area (Å²) in [6, 6.07) is 4.04. The Morgan fingerprint density at radius 1 is 1.21 bits per heavy atom. The molecule has 1 rings (SSSR count). The molecule has 0 radical (unpaired) electrons. The minimum Gasteiger partial charge on any atom is -0.363 e. The van der Waals surface area contributed by atoms with E-state index in [1.54, 1.807) is 20.0 Å². The quantitative estimate of drug-likeness (QED) is 0.803. The van der Waals surface area contributed by atoms with Crippen LogP contribution in [-0.4, -0.2) is 26.3 Å². The Kier molecular flexibility index (Phi) is 5.60. The smallest absolute Gasteiger partial charge is 0.363 e. The fourth-order valence-corrected chi connectivity index (χ4v) is 1.91. The van der Waals surface area contributed by atoms with Crippen LogP contribution in [0.5, 0.6) is 0 Å². The van der Waals surface area contributed by atoms with Crippen molar-refractivity contribution in [1.82, 2.24) is 5.32 Å². The van der Waals surface area contributed by atoms with E-state index in [0.29, 0.717) is 18.5 Å². The number of anilines is 1. The largest absolute Gasteiger partial charge is 0.405 e. The normalized spacial score (nSPS) is 11.7. The van der Waals surface area contributed by atoms with Gasteiger partial charge in [-0.25, -0.2) is 4.39 Å². The highest BCUT2D eigenvalue weighted by atomic mass is 19.4. The average molecular weight is 278 g/mol. The monoisotopic (exact) mass is 278 g/mol. The molecule has 0 saturated carbocycles. The molecule has 0 aliphatic heterocycles. The van der Waals surface area contributed by atoms with Gasteiger partial charge in [0.05, 0.1) is 0 Å². The second-order valence-corrected chi connectivity index (χ2v) is 4.38. The van der Waals surface area contributed by atoms with Crippen LogP contribution in [-0.2, 0) is 6.54 Å². The van der Waals surface area contributed by atoms with Gasteiger partial charge in [0.25, 0.3) is 0 Å². The lowest BCUT2D eigenvalue weighted by Crippen LogP contribution is -2.35. The number of halogens is 4. The summed E-state index contributed by atoms with van der Waals surface area (Å²) in [4.78, 5) is 1.16. The Labute approximate surface area is 110 Å². The summed E-state index contributed by atoms with van der Waals surface area (Å²) in [5.74, 6) is -0.522. The molecular weight excluding hydrogens is 260 g/mol. The molecule has 0 aliphatic rings. The maximum Gasteiger partial charge on any atom is 0.405 e. The van der Waals surface area contributed by atoms with Crippen LogP contribution < -0.4 is 10.2 Å². The van der Waals surface area contributed by atoms with Crippen LogP contribution in [0.25, 0.3) is 0 Å². The molecule has 0 fully saturated rings. The molecular formula is C13H18F4N2. The van der Waals surface area contributed by atoms with Crippen LogP contribution >= 0.6 is 0 Å². The van der Waals surface area contributed by atoms with Crippen LogP contribution in [0.2, 0.25) is 0 Å². The van der Waals surface area contributed by atoms with Gasteiger partial charge in [0.15, 0.2) is 0 Å². The van der Waals surface area contributed by atoms with Crippen LogP contribution in [0, 0.1) is 5.82 Å². The maximum absolute atomic E-state index is 13.4. The van der Waals surface area contributed by atoms with Gasteiger partial charge in [-0.2, -0.15) is 13.2 Å². The number of alkyl halides is 3. The van der Waals surface area contributed by atoms with E-state index >= 15 is 0 Å². The zero-order valence-electron chi connectivity index (χ0n) is 11.0. The fourth-order valence-electron chi connectivity index (χ4n) is 1.91. The Morgan fingerprint density at radius 2 is 1.89 bits per heavy atom. The molecule has 0 aromatic heterocycles. The van der Waals surface area contributed by atoms with E-state index in [9.17, 15) is 17.6 Å². The lowest BCUT2D eigenvalue weighted by Gasteiger charge is -2.26. The molecule has 6 heteroatoms. The van der Waals surface area contributed by atoms with E-state index in [-0.39, 0.29) is 12.2 Å². The van der Waals surface area contributed by atoms with Crippen molar-refractivity contribution in [2.24, 2.45) is 0 Å². The highest BCUT2D eigenvalue weighted by molar-refractivity contribution is 5.49. The standard InChI is InChI=1S/C13H18F4N2/c1-3-4-19(9-13(15,16)17)12-6-10(8-18-2)5-11(14)7-12/h5-7,18H,3-4,8-9H2,1-2H3. The van der Waals surface area contributed by atoms with Crippen molar-refractivity contribution in [3.63, 3.8) is 0 Å². The van der Waals surface area contributed by atoms with Gasteiger partial charge in [0, 0.05) is 18.8 Å². The predicted octanol–water partition coefficient (Wildman–Crippen LogP) is 3.32. The van der Waals surface area contributed by atoms with E-state index in [0.717, 1.165) is 11.0 Å². The number of hydrogen-bond donors (Lipinski definition) is 1. The van der Waals surface area contributed by atoms with Gasteiger partial charge in [-0.05, 0) is 37.2 Å². The first-order valence-electron chi connectivity index (χ1n) is 6.11. The summed E-state index contributed by atoms with van der Waals surface area (Å²) < 4.78 is 51.0. The molecule has 0 heterocycles. The molecule has 1 N–H and O–H groups in total. The number of rotatable bonds is 6. The summed E-state index contributed by atoms with van der Waals surface area (Å²) in [5.41, 5.74) is 0.894. The van der Waals surface area contributed by atoms with Crippen molar-refractivity contribution in [3.05, 3.63) is 29.6 Å². The highest BCUT2D eigenvalue weighted by Gasteiger charge is 2.30. The zero-order valence-corrected chi connectivity index (χ0v) is 11.0. The summed E-state index contributed by atoms with van der Waals surface area (Å²) in [6.45, 7) is 1.37. The predicted molar refractivity (Wildman–Crippen MR) is 67.7 cm³/mol. The van der Waals surface area contributed by atoms with Crippen LogP contribution in [0.4, 0.5) is 23.2 Å². The van der Waals surface area contributed by atoms with E-state index < -0.39 is 18.5 Å². The Bertz CT molecular complexity index is 404. The van der Waals surface area contributed by atoms with Crippen LogP contribution in [0.15, 0.2) is 18.2 Å². The zero-order chi connectivity index (χ0) is 14.5. The van der Waals surface area contributed by atoms with Crippen molar-refractivity contribution in [2.75, 3.05) is 25.0 Å². The molecule has 0 atom stereocenters. The summed E-state index contributed by atoms with van der Waals surface area (Å²) >= 11 is 0. The minimum atomic E-state index is -4.30. The van der Waals surface area contributed by atoms with E-state index in [1.165, 1.54) is 6.07 Å². The van der Waals surface area contributed by atoms with Crippen molar-refractivity contribution in [3.8, 4) is 0 Å². The molecule has 1 aromatic rings. The first-order chi connectivity index (χ1) is 8.85. The minimum absolute atomic E-state index is 0.238. The van der Waals surface area contributed by atoms with Crippen molar-refractivity contribution < 1.29 is 17.6 Å². The highest BCUT2D eigenvalue weighted by Crippen LogP contribution is 2.24. The lowest BCUT2D eigenvalue weighted by molar-refractivity contribution is -0.119. The molecule has 0 unspecified atom stereocenters. The molecule has 2 nitrogen and oxygen atoms in total. The SMILES string of the molecule is CCCN(CC(F)(F)F)c1cc(F)cc(CNC)c1. The summed E-state index contributed by atoms with van der Waals surface area (Å²) in [7, 11) is 1.70. The van der Waals surface area contributed by atoms with E-state index in [1.807, 2.05) is 0 Å². The molecule has 0 saturated heterocycles. The Morgan fingerprint density at radius 3 is 2.42 bits per heavy atom. The van der Waals surface area contributed by atoms with E-state index in [4.69, 9.17) is 0 Å². The molecule has 0 bridgehead atoms. The van der Waals surface area contributed by atoms with Gasteiger partial charge in [-0.1, -0.05) is 6.92 Å². The van der Waals surface area contributed by atoms with Gasteiger partial charge >= 0.3 is 6.18 Å². The van der Waals surface area contributed by atoms with E-state index in [2.05, 4.69) is 5.32 Å². The van der Waals surface area contributed by atoms with Crippen molar-refractivity contribution in [2.45, 2.75) is 26.1 Å². The third-order valence-corrected chi connectivity index (χ3v) is 2.55. The Balaban J connectivity index is 3.00. The second kappa shape index (κ2) is 6.75. The van der Waals surface area contributed by atoms with Gasteiger partial charge < -0.3 is 10.2 Å². The van der Waals surface area contributed by atoms with Gasteiger partial charge in [-0.15, -0.1) is 0 Å². The first-order valence-corrected chi connectivity index (χ1v) is 6.11. The first kappa shape index (κ1) is 15.8. The molecule has 0 amide bonds. The van der Waals surface area contributed by atoms with Gasteiger partial charge in [0.2, 0.25) is 0 Å². The molecule has 0 spiro atoms. The lowest BCUT2D eigenvalue weighted by atomic mass is 10.1.